The van der Waals surface area contributed by atoms with Crippen LogP contribution in [0.2, 0.25) is 0 Å². The van der Waals surface area contributed by atoms with Gasteiger partial charge in [-0.2, -0.15) is 13.2 Å². The van der Waals surface area contributed by atoms with Gasteiger partial charge < -0.3 is 9.84 Å². The number of halogens is 3. The van der Waals surface area contributed by atoms with E-state index in [9.17, 15) is 18.0 Å². The summed E-state index contributed by atoms with van der Waals surface area (Å²) < 4.78 is 43.2. The van der Waals surface area contributed by atoms with Crippen LogP contribution >= 0.6 is 0 Å². The number of alkyl halides is 3. The highest BCUT2D eigenvalue weighted by atomic mass is 19.4. The van der Waals surface area contributed by atoms with Crippen molar-refractivity contribution in [3.63, 3.8) is 0 Å². The van der Waals surface area contributed by atoms with Crippen LogP contribution in [0.3, 0.4) is 0 Å². The Morgan fingerprint density at radius 3 is 2.78 bits per heavy atom. The van der Waals surface area contributed by atoms with Crippen molar-refractivity contribution in [2.45, 2.75) is 38.3 Å². The molecule has 0 fully saturated rings. The predicted molar refractivity (Wildman–Crippen MR) is 75.0 cm³/mol. The van der Waals surface area contributed by atoms with Gasteiger partial charge in [0.15, 0.2) is 5.69 Å². The maximum absolute atomic E-state index is 12.7. The SMILES string of the molecule is O=C(Nc1cc(C(F)(F)F)ccn1)c1noc2c1CCCCC2. The molecule has 1 N–H and O–H groups in total. The minimum absolute atomic E-state index is 0.126. The Bertz CT molecular complexity index is 725. The fourth-order valence-electron chi connectivity index (χ4n) is 2.59. The molecular weight excluding hydrogens is 311 g/mol. The summed E-state index contributed by atoms with van der Waals surface area (Å²) in [5, 5.41) is 6.12. The quantitative estimate of drug-likeness (QED) is 0.857. The molecule has 1 amide bonds. The molecule has 8 heteroatoms. The van der Waals surface area contributed by atoms with Crippen molar-refractivity contribution in [2.75, 3.05) is 5.32 Å². The zero-order valence-corrected chi connectivity index (χ0v) is 12.1. The van der Waals surface area contributed by atoms with E-state index < -0.39 is 17.6 Å². The summed E-state index contributed by atoms with van der Waals surface area (Å²) in [6, 6.07) is 1.63. The molecule has 122 valence electrons. The first kappa shape index (κ1) is 15.5. The topological polar surface area (TPSA) is 68.0 Å². The number of amides is 1. The fourth-order valence-corrected chi connectivity index (χ4v) is 2.59. The molecule has 5 nitrogen and oxygen atoms in total. The number of anilines is 1. The Kier molecular flexibility index (Phi) is 4.06. The molecule has 0 atom stereocenters. The van der Waals surface area contributed by atoms with Crippen LogP contribution in [0.4, 0.5) is 19.0 Å². The van der Waals surface area contributed by atoms with E-state index in [1.54, 1.807) is 0 Å². The fraction of sp³-hybridized carbons (Fsp3) is 0.400. The maximum atomic E-state index is 12.7. The van der Waals surface area contributed by atoms with Crippen molar-refractivity contribution in [3.8, 4) is 0 Å². The summed E-state index contributed by atoms with van der Waals surface area (Å²) in [6.07, 6.45) is 0.847. The summed E-state index contributed by atoms with van der Waals surface area (Å²) in [5.74, 6) is -0.0939. The van der Waals surface area contributed by atoms with Gasteiger partial charge in [-0.3, -0.25) is 4.79 Å². The lowest BCUT2D eigenvalue weighted by molar-refractivity contribution is -0.137. The predicted octanol–water partition coefficient (Wildman–Crippen LogP) is 3.61. The second kappa shape index (κ2) is 6.02. The molecule has 1 aliphatic rings. The molecule has 2 aromatic heterocycles. The number of nitrogens with zero attached hydrogens (tertiary/aromatic N) is 2. The number of pyridine rings is 1. The Balaban J connectivity index is 1.81. The molecule has 0 aliphatic heterocycles. The standard InChI is InChI=1S/C15H14F3N3O2/c16-15(17,18)9-6-7-19-12(8-9)20-14(22)13-10-4-2-1-3-5-11(10)23-21-13/h6-8H,1-5H2,(H,19,20,22). The Morgan fingerprint density at radius 1 is 1.22 bits per heavy atom. The van der Waals surface area contributed by atoms with Gasteiger partial charge in [-0.05, 0) is 31.4 Å². The third kappa shape index (κ3) is 3.35. The normalized spacial score (nSPS) is 14.9. The number of carbonyl (C=O) groups is 1. The number of aromatic nitrogens is 2. The van der Waals surface area contributed by atoms with E-state index in [1.807, 2.05) is 0 Å². The average Bonchev–Trinajstić information content (AvgIpc) is 2.76. The third-order valence-corrected chi connectivity index (χ3v) is 3.74. The van der Waals surface area contributed by atoms with Crippen LogP contribution in [0.1, 0.15) is 46.6 Å². The van der Waals surface area contributed by atoms with Crippen molar-refractivity contribution < 1.29 is 22.5 Å². The number of carbonyl (C=O) groups excluding carboxylic acids is 1. The molecule has 0 aromatic carbocycles. The lowest BCUT2D eigenvalue weighted by atomic mass is 10.1. The van der Waals surface area contributed by atoms with Crippen LogP contribution < -0.4 is 5.32 Å². The number of rotatable bonds is 2. The van der Waals surface area contributed by atoms with Gasteiger partial charge >= 0.3 is 6.18 Å². The first-order valence-corrected chi connectivity index (χ1v) is 7.27. The van der Waals surface area contributed by atoms with Gasteiger partial charge in [0, 0.05) is 18.2 Å². The van der Waals surface area contributed by atoms with Crippen molar-refractivity contribution in [3.05, 3.63) is 40.9 Å². The van der Waals surface area contributed by atoms with Crippen LogP contribution in [0.15, 0.2) is 22.9 Å². The highest BCUT2D eigenvalue weighted by molar-refractivity contribution is 6.03. The number of hydrogen-bond donors (Lipinski definition) is 1. The minimum Gasteiger partial charge on any atom is -0.360 e. The lowest BCUT2D eigenvalue weighted by Crippen LogP contribution is -2.16. The summed E-state index contributed by atoms with van der Waals surface area (Å²) in [7, 11) is 0. The second-order valence-electron chi connectivity index (χ2n) is 5.38. The molecule has 3 rings (SSSR count). The Labute approximate surface area is 129 Å². The van der Waals surface area contributed by atoms with Gasteiger partial charge in [-0.15, -0.1) is 0 Å². The van der Waals surface area contributed by atoms with E-state index in [4.69, 9.17) is 4.52 Å². The zero-order valence-electron chi connectivity index (χ0n) is 12.1. The third-order valence-electron chi connectivity index (χ3n) is 3.74. The van der Waals surface area contributed by atoms with Gasteiger partial charge in [-0.1, -0.05) is 11.6 Å². The molecule has 23 heavy (non-hydrogen) atoms. The molecule has 0 saturated carbocycles. The maximum Gasteiger partial charge on any atom is 0.416 e. The van der Waals surface area contributed by atoms with Crippen molar-refractivity contribution in [1.82, 2.24) is 10.1 Å². The highest BCUT2D eigenvalue weighted by Crippen LogP contribution is 2.30. The Hall–Kier alpha value is -2.38. The van der Waals surface area contributed by atoms with E-state index in [1.165, 1.54) is 0 Å². The second-order valence-corrected chi connectivity index (χ2v) is 5.38. The lowest BCUT2D eigenvalue weighted by Gasteiger charge is -2.08. The molecule has 0 spiro atoms. The van der Waals surface area contributed by atoms with E-state index in [0.29, 0.717) is 12.2 Å². The van der Waals surface area contributed by atoms with Gasteiger partial charge in [0.05, 0.1) is 5.56 Å². The van der Waals surface area contributed by atoms with Crippen LogP contribution in [0.25, 0.3) is 0 Å². The number of hydrogen-bond acceptors (Lipinski definition) is 4. The van der Waals surface area contributed by atoms with Gasteiger partial charge in [0.2, 0.25) is 0 Å². The van der Waals surface area contributed by atoms with Gasteiger partial charge in [0.1, 0.15) is 11.6 Å². The molecule has 0 saturated heterocycles. The van der Waals surface area contributed by atoms with Crippen LogP contribution in [-0.2, 0) is 19.0 Å². The smallest absolute Gasteiger partial charge is 0.360 e. The van der Waals surface area contributed by atoms with Gasteiger partial charge in [0.25, 0.3) is 5.91 Å². The molecule has 1 aliphatic carbocycles. The van der Waals surface area contributed by atoms with Crippen molar-refractivity contribution in [2.24, 2.45) is 0 Å². The minimum atomic E-state index is -4.49. The van der Waals surface area contributed by atoms with Gasteiger partial charge in [-0.25, -0.2) is 4.98 Å². The van der Waals surface area contributed by atoms with Crippen molar-refractivity contribution in [1.29, 1.82) is 0 Å². The molecule has 0 bridgehead atoms. The molecule has 0 radical (unpaired) electrons. The largest absolute Gasteiger partial charge is 0.416 e. The first-order chi connectivity index (χ1) is 10.9. The monoisotopic (exact) mass is 325 g/mol. The molecular formula is C15H14F3N3O2. The zero-order chi connectivity index (χ0) is 16.4. The van der Waals surface area contributed by atoms with Crippen LogP contribution in [0.5, 0.6) is 0 Å². The molecule has 2 aromatic rings. The molecule has 0 unspecified atom stereocenters. The van der Waals surface area contributed by atoms with E-state index >= 15 is 0 Å². The van der Waals surface area contributed by atoms with E-state index in [2.05, 4.69) is 15.5 Å². The highest BCUT2D eigenvalue weighted by Gasteiger charge is 2.31. The van der Waals surface area contributed by atoms with Crippen molar-refractivity contribution >= 4 is 11.7 Å². The summed E-state index contributed by atoms with van der Waals surface area (Å²) in [5.41, 5.74) is -0.00475. The average molecular weight is 325 g/mol. The number of fused-ring (bicyclic) bond motifs is 1. The first-order valence-electron chi connectivity index (χ1n) is 7.27. The van der Waals surface area contributed by atoms with E-state index in [0.717, 1.165) is 49.6 Å². The summed E-state index contributed by atoms with van der Waals surface area (Å²) >= 11 is 0. The Morgan fingerprint density at radius 2 is 2.00 bits per heavy atom. The molecule has 2 heterocycles. The van der Waals surface area contributed by atoms with E-state index in [-0.39, 0.29) is 11.5 Å². The van der Waals surface area contributed by atoms with Crippen LogP contribution in [0, 0.1) is 0 Å². The summed E-state index contributed by atoms with van der Waals surface area (Å²) in [6.45, 7) is 0. The van der Waals surface area contributed by atoms with Crippen LogP contribution in [-0.4, -0.2) is 16.0 Å². The number of nitrogens with one attached hydrogen (secondary N) is 1. The number of aryl methyl sites for hydroxylation is 1. The summed E-state index contributed by atoms with van der Waals surface area (Å²) in [4.78, 5) is 16.0.